The van der Waals surface area contributed by atoms with E-state index >= 15 is 0 Å². The van der Waals surface area contributed by atoms with Gasteiger partial charge < -0.3 is 10.3 Å². The second-order valence-corrected chi connectivity index (χ2v) is 5.85. The zero-order chi connectivity index (χ0) is 16.2. The highest BCUT2D eigenvalue weighted by molar-refractivity contribution is 7.80. The molecular weight excluding hydrogens is 330 g/mol. The number of hydrogen-bond acceptors (Lipinski definition) is 2. The largest absolute Gasteiger partial charge is 0.361 e. The van der Waals surface area contributed by atoms with E-state index in [0.29, 0.717) is 17.1 Å². The Kier molecular flexibility index (Phi) is 4.60. The number of H-pyrrole nitrogens is 1. The van der Waals surface area contributed by atoms with Crippen molar-refractivity contribution in [1.82, 2.24) is 15.6 Å². The molecule has 0 unspecified atom stereocenters. The third-order valence-electron chi connectivity index (χ3n) is 3.45. The van der Waals surface area contributed by atoms with Crippen molar-refractivity contribution in [2.24, 2.45) is 0 Å². The zero-order valence-corrected chi connectivity index (χ0v) is 13.7. The summed E-state index contributed by atoms with van der Waals surface area (Å²) >= 11 is 11.0. The Hall–Kier alpha value is -2.37. The Bertz CT molecular complexity index is 858. The molecule has 0 spiro atoms. The van der Waals surface area contributed by atoms with Crippen molar-refractivity contribution in [1.29, 1.82) is 0 Å². The fourth-order valence-electron chi connectivity index (χ4n) is 2.27. The molecule has 6 heteroatoms. The Morgan fingerprint density at radius 3 is 2.65 bits per heavy atom. The predicted molar refractivity (Wildman–Crippen MR) is 96.7 cm³/mol. The van der Waals surface area contributed by atoms with Gasteiger partial charge in [-0.25, -0.2) is 0 Å². The molecule has 0 saturated carbocycles. The molecule has 1 amide bonds. The molecule has 3 N–H and O–H groups in total. The predicted octanol–water partition coefficient (Wildman–Crippen LogP) is 3.63. The maximum absolute atomic E-state index is 12.1. The Balaban J connectivity index is 1.59. The summed E-state index contributed by atoms with van der Waals surface area (Å²) < 4.78 is 0. The number of thiocarbonyl (C=S) groups is 1. The van der Waals surface area contributed by atoms with Gasteiger partial charge in [-0.05, 0) is 48.1 Å². The van der Waals surface area contributed by atoms with E-state index < -0.39 is 0 Å². The van der Waals surface area contributed by atoms with Gasteiger partial charge in [-0.3, -0.25) is 10.1 Å². The lowest BCUT2D eigenvalue weighted by Gasteiger charge is -2.09. The topological polar surface area (TPSA) is 56.9 Å². The molecule has 4 nitrogen and oxygen atoms in total. The van der Waals surface area contributed by atoms with Gasteiger partial charge in [-0.1, -0.05) is 29.8 Å². The normalized spacial score (nSPS) is 10.5. The summed E-state index contributed by atoms with van der Waals surface area (Å²) in [7, 11) is 0. The number of halogens is 1. The number of amides is 1. The number of carbonyl (C=O) groups is 1. The van der Waals surface area contributed by atoms with Gasteiger partial charge in [0.05, 0.1) is 0 Å². The molecule has 0 bridgehead atoms. The molecule has 0 aliphatic carbocycles. The van der Waals surface area contributed by atoms with Crippen LogP contribution in [0.4, 0.5) is 0 Å². The van der Waals surface area contributed by atoms with E-state index in [9.17, 15) is 4.79 Å². The van der Waals surface area contributed by atoms with Crippen LogP contribution in [-0.4, -0.2) is 16.0 Å². The molecule has 0 aliphatic rings. The number of carbonyl (C=O) groups excluding carboxylic acids is 1. The number of hydrogen-bond donors (Lipinski definition) is 3. The van der Waals surface area contributed by atoms with Gasteiger partial charge in [0.2, 0.25) is 0 Å². The van der Waals surface area contributed by atoms with Crippen molar-refractivity contribution < 1.29 is 4.79 Å². The fourth-order valence-corrected chi connectivity index (χ4v) is 2.56. The van der Waals surface area contributed by atoms with E-state index in [2.05, 4.69) is 15.6 Å². The molecule has 1 heterocycles. The molecule has 116 valence electrons. The Labute approximate surface area is 143 Å². The molecular formula is C17H14ClN3OS. The molecule has 3 rings (SSSR count). The Morgan fingerprint density at radius 2 is 1.87 bits per heavy atom. The number of aromatic nitrogens is 1. The van der Waals surface area contributed by atoms with Gasteiger partial charge >= 0.3 is 0 Å². The van der Waals surface area contributed by atoms with Crippen molar-refractivity contribution >= 4 is 45.7 Å². The molecule has 0 atom stereocenters. The fraction of sp³-hybridized carbons (Fsp3) is 0.0588. The van der Waals surface area contributed by atoms with E-state index in [0.717, 1.165) is 16.5 Å². The summed E-state index contributed by atoms with van der Waals surface area (Å²) in [6.07, 6.45) is 1.93. The lowest BCUT2D eigenvalue weighted by atomic mass is 10.2. The highest BCUT2D eigenvalue weighted by Crippen LogP contribution is 2.17. The molecule has 3 aromatic rings. The highest BCUT2D eigenvalue weighted by Gasteiger charge is 2.08. The number of aromatic amines is 1. The number of fused-ring (bicyclic) bond motifs is 1. The zero-order valence-electron chi connectivity index (χ0n) is 12.1. The van der Waals surface area contributed by atoms with Gasteiger partial charge in [0, 0.05) is 34.2 Å². The third-order valence-corrected chi connectivity index (χ3v) is 3.95. The Morgan fingerprint density at radius 1 is 1.13 bits per heavy atom. The van der Waals surface area contributed by atoms with Crippen LogP contribution < -0.4 is 10.6 Å². The summed E-state index contributed by atoms with van der Waals surface area (Å²) in [6, 6.07) is 14.7. The standard InChI is InChI=1S/C17H14ClN3OS/c18-13-7-5-11(6-8-13)16(22)21-17(23)20-10-12-9-19-15-4-2-1-3-14(12)15/h1-9,19H,10H2,(H2,20,21,22,23). The summed E-state index contributed by atoms with van der Waals surface area (Å²) in [6.45, 7) is 0.531. The third kappa shape index (κ3) is 3.70. The van der Waals surface area contributed by atoms with Crippen LogP contribution >= 0.6 is 23.8 Å². The number of benzene rings is 2. The van der Waals surface area contributed by atoms with Crippen molar-refractivity contribution in [2.45, 2.75) is 6.54 Å². The van der Waals surface area contributed by atoms with Crippen LogP contribution in [0.25, 0.3) is 10.9 Å². The van der Waals surface area contributed by atoms with Crippen molar-refractivity contribution in [3.63, 3.8) is 0 Å². The molecule has 23 heavy (non-hydrogen) atoms. The smallest absolute Gasteiger partial charge is 0.257 e. The molecule has 0 radical (unpaired) electrons. The minimum Gasteiger partial charge on any atom is -0.361 e. The van der Waals surface area contributed by atoms with Gasteiger partial charge in [-0.2, -0.15) is 0 Å². The molecule has 0 saturated heterocycles. The number of nitrogens with one attached hydrogen (secondary N) is 3. The highest BCUT2D eigenvalue weighted by atomic mass is 35.5. The van der Waals surface area contributed by atoms with E-state index in [-0.39, 0.29) is 11.0 Å². The molecule has 0 fully saturated rings. The summed E-state index contributed by atoms with van der Waals surface area (Å²) in [5.74, 6) is -0.266. The van der Waals surface area contributed by atoms with E-state index in [1.807, 2.05) is 30.5 Å². The van der Waals surface area contributed by atoms with Gasteiger partial charge in [-0.15, -0.1) is 0 Å². The van der Waals surface area contributed by atoms with Gasteiger partial charge in [0.15, 0.2) is 5.11 Å². The lowest BCUT2D eigenvalue weighted by Crippen LogP contribution is -2.38. The minimum absolute atomic E-state index is 0.266. The number of para-hydroxylation sites is 1. The SMILES string of the molecule is O=C(NC(=S)NCc1c[nH]c2ccccc12)c1ccc(Cl)cc1. The van der Waals surface area contributed by atoms with Crippen LogP contribution in [0.3, 0.4) is 0 Å². The van der Waals surface area contributed by atoms with Crippen LogP contribution in [0, 0.1) is 0 Å². The minimum atomic E-state index is -0.266. The molecule has 1 aromatic heterocycles. The van der Waals surface area contributed by atoms with E-state index in [4.69, 9.17) is 23.8 Å². The maximum Gasteiger partial charge on any atom is 0.257 e. The first-order chi connectivity index (χ1) is 11.1. The van der Waals surface area contributed by atoms with Gasteiger partial charge in [0.1, 0.15) is 0 Å². The van der Waals surface area contributed by atoms with Crippen LogP contribution in [0.1, 0.15) is 15.9 Å². The second-order valence-electron chi connectivity index (χ2n) is 5.00. The lowest BCUT2D eigenvalue weighted by molar-refractivity contribution is 0.0976. The van der Waals surface area contributed by atoms with Crippen molar-refractivity contribution in [3.05, 3.63) is 70.9 Å². The van der Waals surface area contributed by atoms with Crippen LogP contribution in [0.5, 0.6) is 0 Å². The number of rotatable bonds is 3. The van der Waals surface area contributed by atoms with Crippen LogP contribution in [0.2, 0.25) is 5.02 Å². The average molecular weight is 344 g/mol. The van der Waals surface area contributed by atoms with Crippen LogP contribution in [-0.2, 0) is 6.54 Å². The average Bonchev–Trinajstić information content (AvgIpc) is 2.97. The van der Waals surface area contributed by atoms with E-state index in [1.54, 1.807) is 24.3 Å². The van der Waals surface area contributed by atoms with Crippen molar-refractivity contribution in [2.75, 3.05) is 0 Å². The molecule has 0 aliphatic heterocycles. The van der Waals surface area contributed by atoms with Crippen molar-refractivity contribution in [3.8, 4) is 0 Å². The first kappa shape index (κ1) is 15.5. The monoisotopic (exact) mass is 343 g/mol. The maximum atomic E-state index is 12.1. The summed E-state index contributed by atoms with van der Waals surface area (Å²) in [5, 5.41) is 7.70. The summed E-state index contributed by atoms with van der Waals surface area (Å²) in [4.78, 5) is 15.3. The summed E-state index contributed by atoms with van der Waals surface area (Å²) in [5.41, 5.74) is 2.66. The quantitative estimate of drug-likeness (QED) is 0.636. The van der Waals surface area contributed by atoms with Crippen LogP contribution in [0.15, 0.2) is 54.7 Å². The first-order valence-corrected chi connectivity index (χ1v) is 7.82. The molecule has 2 aromatic carbocycles. The first-order valence-electron chi connectivity index (χ1n) is 7.03. The second kappa shape index (κ2) is 6.81. The van der Waals surface area contributed by atoms with Gasteiger partial charge in [0.25, 0.3) is 5.91 Å². The van der Waals surface area contributed by atoms with E-state index in [1.165, 1.54) is 0 Å².